The molecule has 2 rings (SSSR count). The van der Waals surface area contributed by atoms with Crippen LogP contribution in [0.3, 0.4) is 0 Å². The number of hydrogen-bond acceptors (Lipinski definition) is 1. The van der Waals surface area contributed by atoms with Crippen molar-refractivity contribution in [3.05, 3.63) is 65.0 Å². The van der Waals surface area contributed by atoms with E-state index >= 15 is 0 Å². The summed E-state index contributed by atoms with van der Waals surface area (Å²) < 4.78 is 0. The number of hydrogen-bond donors (Lipinski definition) is 0. The van der Waals surface area contributed by atoms with Gasteiger partial charge in [-0.1, -0.05) is 42.0 Å². The third-order valence-electron chi connectivity index (χ3n) is 2.46. The predicted molar refractivity (Wildman–Crippen MR) is 69.1 cm³/mol. The van der Waals surface area contributed by atoms with Gasteiger partial charge in [0.1, 0.15) is 0 Å². The molecule has 0 atom stereocenters. The zero-order valence-electron chi connectivity index (χ0n) is 9.64. The van der Waals surface area contributed by atoms with Crippen LogP contribution in [-0.4, -0.2) is 4.98 Å². The molecule has 0 aliphatic rings. The van der Waals surface area contributed by atoms with Crippen LogP contribution >= 0.6 is 0 Å². The van der Waals surface area contributed by atoms with E-state index in [9.17, 15) is 0 Å². The molecule has 1 heterocycles. The Morgan fingerprint density at radius 1 is 0.812 bits per heavy atom. The fourth-order valence-corrected chi connectivity index (χ4v) is 1.44. The Balaban J connectivity index is 2.15. The van der Waals surface area contributed by atoms with Crippen LogP contribution in [0.5, 0.6) is 0 Å². The first-order valence-electron chi connectivity index (χ1n) is 5.41. The van der Waals surface area contributed by atoms with E-state index in [2.05, 4.69) is 48.3 Å². The van der Waals surface area contributed by atoms with Crippen LogP contribution in [0.2, 0.25) is 0 Å². The van der Waals surface area contributed by atoms with Gasteiger partial charge in [0.05, 0.1) is 5.69 Å². The lowest BCUT2D eigenvalue weighted by molar-refractivity contribution is 1.25. The van der Waals surface area contributed by atoms with Gasteiger partial charge in [0, 0.05) is 6.20 Å². The molecule has 2 aromatic rings. The van der Waals surface area contributed by atoms with E-state index < -0.39 is 0 Å². The second kappa shape index (κ2) is 4.75. The third-order valence-corrected chi connectivity index (χ3v) is 2.46. The first kappa shape index (κ1) is 10.6. The number of aromatic nitrogens is 1. The van der Waals surface area contributed by atoms with Crippen LogP contribution < -0.4 is 0 Å². The highest BCUT2D eigenvalue weighted by atomic mass is 14.7. The highest BCUT2D eigenvalue weighted by Gasteiger charge is 1.89. The minimum Gasteiger partial charge on any atom is -0.257 e. The molecule has 0 N–H and O–H groups in total. The number of pyridine rings is 1. The van der Waals surface area contributed by atoms with Crippen molar-refractivity contribution in [1.29, 1.82) is 0 Å². The Kier molecular flexibility index (Phi) is 3.16. The molecule has 80 valence electrons. The summed E-state index contributed by atoms with van der Waals surface area (Å²) in [6.45, 7) is 4.13. The quantitative estimate of drug-likeness (QED) is 0.731. The van der Waals surface area contributed by atoms with Crippen molar-refractivity contribution in [3.63, 3.8) is 0 Å². The topological polar surface area (TPSA) is 12.9 Å². The van der Waals surface area contributed by atoms with E-state index in [1.54, 1.807) is 0 Å². The van der Waals surface area contributed by atoms with Gasteiger partial charge >= 0.3 is 0 Å². The normalized spacial score (nSPS) is 10.9. The Labute approximate surface area is 96.5 Å². The Morgan fingerprint density at radius 2 is 1.50 bits per heavy atom. The molecule has 16 heavy (non-hydrogen) atoms. The Bertz CT molecular complexity index is 430. The summed E-state index contributed by atoms with van der Waals surface area (Å²) in [5.41, 5.74) is 4.66. The molecular weight excluding hydrogens is 194 g/mol. The van der Waals surface area contributed by atoms with Crippen molar-refractivity contribution in [1.82, 2.24) is 4.98 Å². The Morgan fingerprint density at radius 3 is 2.12 bits per heavy atom. The third kappa shape index (κ3) is 2.80. The van der Waals surface area contributed by atoms with Gasteiger partial charge in [-0.25, -0.2) is 0 Å². The minimum absolute atomic E-state index is 0.992. The van der Waals surface area contributed by atoms with Crippen molar-refractivity contribution in [3.8, 4) is 0 Å². The predicted octanol–water partition coefficient (Wildman–Crippen LogP) is 3.87. The molecule has 0 aliphatic heterocycles. The van der Waals surface area contributed by atoms with Crippen LogP contribution in [0, 0.1) is 13.8 Å². The van der Waals surface area contributed by atoms with E-state index in [0.29, 0.717) is 0 Å². The van der Waals surface area contributed by atoms with Gasteiger partial charge in [-0.15, -0.1) is 0 Å². The largest absolute Gasteiger partial charge is 0.257 e. The average molecular weight is 209 g/mol. The molecule has 1 nitrogen and oxygen atoms in total. The van der Waals surface area contributed by atoms with E-state index in [1.165, 1.54) is 16.7 Å². The summed E-state index contributed by atoms with van der Waals surface area (Å²) in [4.78, 5) is 4.32. The summed E-state index contributed by atoms with van der Waals surface area (Å²) in [6, 6.07) is 12.5. The van der Waals surface area contributed by atoms with Crippen LogP contribution in [0.25, 0.3) is 12.2 Å². The lowest BCUT2D eigenvalue weighted by Gasteiger charge is -1.96. The van der Waals surface area contributed by atoms with Crippen molar-refractivity contribution in [2.45, 2.75) is 13.8 Å². The lowest BCUT2D eigenvalue weighted by atomic mass is 10.1. The molecular formula is C15H15N. The Hall–Kier alpha value is -1.89. The van der Waals surface area contributed by atoms with Crippen molar-refractivity contribution in [2.75, 3.05) is 0 Å². The fourth-order valence-electron chi connectivity index (χ4n) is 1.44. The van der Waals surface area contributed by atoms with Crippen LogP contribution in [-0.2, 0) is 0 Å². The zero-order chi connectivity index (χ0) is 11.4. The van der Waals surface area contributed by atoms with E-state index in [1.807, 2.05) is 25.3 Å². The molecule has 0 amide bonds. The van der Waals surface area contributed by atoms with Crippen LogP contribution in [0.1, 0.15) is 22.4 Å². The van der Waals surface area contributed by atoms with Crippen LogP contribution in [0.4, 0.5) is 0 Å². The van der Waals surface area contributed by atoms with Crippen molar-refractivity contribution < 1.29 is 0 Å². The molecule has 0 fully saturated rings. The second-order valence-corrected chi connectivity index (χ2v) is 4.00. The van der Waals surface area contributed by atoms with Gasteiger partial charge in [0.25, 0.3) is 0 Å². The van der Waals surface area contributed by atoms with Gasteiger partial charge in [0.15, 0.2) is 0 Å². The molecule has 1 heteroatoms. The molecule has 0 unspecified atom stereocenters. The first-order valence-corrected chi connectivity index (χ1v) is 5.41. The standard InChI is InChI=1S/C15H15N/c1-12-3-6-14(7-4-12)8-10-15-9-5-13(2)11-16-15/h3-11H,1-2H3/b10-8+. The minimum atomic E-state index is 0.992. The average Bonchev–Trinajstić information content (AvgIpc) is 2.30. The van der Waals surface area contributed by atoms with Gasteiger partial charge in [-0.2, -0.15) is 0 Å². The molecule has 1 aromatic carbocycles. The summed E-state index contributed by atoms with van der Waals surface area (Å²) >= 11 is 0. The van der Waals surface area contributed by atoms with E-state index in [4.69, 9.17) is 0 Å². The zero-order valence-corrected chi connectivity index (χ0v) is 9.64. The van der Waals surface area contributed by atoms with Crippen molar-refractivity contribution >= 4 is 12.2 Å². The fraction of sp³-hybridized carbons (Fsp3) is 0.133. The summed E-state index contributed by atoms with van der Waals surface area (Å²) in [5.74, 6) is 0. The van der Waals surface area contributed by atoms with Crippen LogP contribution in [0.15, 0.2) is 42.6 Å². The summed E-state index contributed by atoms with van der Waals surface area (Å²) in [5, 5.41) is 0. The number of nitrogens with zero attached hydrogens (tertiary/aromatic N) is 1. The van der Waals surface area contributed by atoms with Gasteiger partial charge in [-0.05, 0) is 37.1 Å². The number of aryl methyl sites for hydroxylation is 2. The van der Waals surface area contributed by atoms with E-state index in [-0.39, 0.29) is 0 Å². The molecule has 0 spiro atoms. The molecule has 0 saturated carbocycles. The molecule has 1 aromatic heterocycles. The highest BCUT2D eigenvalue weighted by molar-refractivity contribution is 5.67. The molecule has 0 radical (unpaired) electrons. The van der Waals surface area contributed by atoms with Gasteiger partial charge in [-0.3, -0.25) is 4.98 Å². The van der Waals surface area contributed by atoms with E-state index in [0.717, 1.165) is 5.69 Å². The number of benzene rings is 1. The first-order chi connectivity index (χ1) is 7.74. The molecule has 0 bridgehead atoms. The SMILES string of the molecule is Cc1ccc(/C=C/c2ccc(C)cn2)cc1. The number of rotatable bonds is 2. The van der Waals surface area contributed by atoms with Gasteiger partial charge in [0.2, 0.25) is 0 Å². The van der Waals surface area contributed by atoms with Crippen molar-refractivity contribution in [2.24, 2.45) is 0 Å². The maximum Gasteiger partial charge on any atom is 0.0630 e. The summed E-state index contributed by atoms with van der Waals surface area (Å²) in [6.07, 6.45) is 6.00. The smallest absolute Gasteiger partial charge is 0.0630 e. The maximum absolute atomic E-state index is 4.32. The molecule has 0 saturated heterocycles. The van der Waals surface area contributed by atoms with Gasteiger partial charge < -0.3 is 0 Å². The monoisotopic (exact) mass is 209 g/mol. The second-order valence-electron chi connectivity index (χ2n) is 4.00. The maximum atomic E-state index is 4.32. The lowest BCUT2D eigenvalue weighted by Crippen LogP contribution is -1.80. The molecule has 0 aliphatic carbocycles. The highest BCUT2D eigenvalue weighted by Crippen LogP contribution is 2.08. The summed E-state index contributed by atoms with van der Waals surface area (Å²) in [7, 11) is 0.